The predicted octanol–water partition coefficient (Wildman–Crippen LogP) is 3.89. The molecule has 0 radical (unpaired) electrons. The second kappa shape index (κ2) is 4.77. The van der Waals surface area contributed by atoms with Gasteiger partial charge in [-0.15, -0.1) is 0 Å². The Balaban J connectivity index is 2.70. The van der Waals surface area contributed by atoms with E-state index >= 15 is 0 Å². The highest BCUT2D eigenvalue weighted by Crippen LogP contribution is 2.30. The highest BCUT2D eigenvalue weighted by Gasteiger charge is 2.16. The van der Waals surface area contributed by atoms with E-state index in [4.69, 9.17) is 0 Å². The van der Waals surface area contributed by atoms with Gasteiger partial charge in [-0.1, -0.05) is 19.9 Å². The first-order valence-corrected chi connectivity index (χ1v) is 6.73. The molecule has 0 spiro atoms. The number of aromatic nitrogens is 1. The molecule has 2 heteroatoms. The number of fused-ring (bicyclic) bond motifs is 1. The van der Waals surface area contributed by atoms with Crippen LogP contribution < -0.4 is 5.32 Å². The summed E-state index contributed by atoms with van der Waals surface area (Å²) in [7, 11) is 4.18. The van der Waals surface area contributed by atoms with E-state index < -0.39 is 0 Å². The molecule has 0 amide bonds. The van der Waals surface area contributed by atoms with Crippen molar-refractivity contribution < 1.29 is 0 Å². The molecule has 1 unspecified atom stereocenters. The molecular weight excluding hydrogens is 220 g/mol. The van der Waals surface area contributed by atoms with Gasteiger partial charge in [-0.05, 0) is 50.1 Å². The van der Waals surface area contributed by atoms with Crippen LogP contribution >= 0.6 is 0 Å². The molecule has 0 saturated heterocycles. The van der Waals surface area contributed by atoms with Crippen molar-refractivity contribution in [3.63, 3.8) is 0 Å². The largest absolute Gasteiger partial charge is 0.346 e. The van der Waals surface area contributed by atoms with Crippen molar-refractivity contribution in [2.75, 3.05) is 7.05 Å². The SMILES string of the molecule is CNC(C)c1c(C)c2cc(C(C)C)ccc2n1C. The third-order valence-electron chi connectivity index (χ3n) is 4.04. The molecule has 1 aromatic carbocycles. The topological polar surface area (TPSA) is 17.0 Å². The minimum absolute atomic E-state index is 0.380. The number of hydrogen-bond donors (Lipinski definition) is 1. The van der Waals surface area contributed by atoms with Crippen molar-refractivity contribution >= 4 is 10.9 Å². The molecule has 0 aliphatic rings. The van der Waals surface area contributed by atoms with Crippen LogP contribution in [0.2, 0.25) is 0 Å². The van der Waals surface area contributed by atoms with E-state index in [-0.39, 0.29) is 0 Å². The third kappa shape index (κ3) is 1.95. The Labute approximate surface area is 110 Å². The van der Waals surface area contributed by atoms with Gasteiger partial charge in [0.1, 0.15) is 0 Å². The van der Waals surface area contributed by atoms with Crippen molar-refractivity contribution in [3.05, 3.63) is 35.0 Å². The average molecular weight is 244 g/mol. The smallest absolute Gasteiger partial charge is 0.0483 e. The molecule has 2 nitrogen and oxygen atoms in total. The van der Waals surface area contributed by atoms with Crippen molar-refractivity contribution in [2.24, 2.45) is 7.05 Å². The molecule has 1 atom stereocenters. The number of benzene rings is 1. The highest BCUT2D eigenvalue weighted by molar-refractivity contribution is 5.86. The summed E-state index contributed by atoms with van der Waals surface area (Å²) in [6, 6.07) is 7.23. The van der Waals surface area contributed by atoms with Crippen LogP contribution in [0.3, 0.4) is 0 Å². The maximum Gasteiger partial charge on any atom is 0.0483 e. The molecule has 1 heterocycles. The fourth-order valence-electron chi connectivity index (χ4n) is 2.78. The zero-order valence-corrected chi connectivity index (χ0v) is 12.3. The van der Waals surface area contributed by atoms with Gasteiger partial charge in [-0.3, -0.25) is 0 Å². The quantitative estimate of drug-likeness (QED) is 0.866. The Morgan fingerprint density at radius 1 is 1.17 bits per heavy atom. The first-order chi connectivity index (χ1) is 8.47. The summed E-state index contributed by atoms with van der Waals surface area (Å²) < 4.78 is 2.32. The highest BCUT2D eigenvalue weighted by atomic mass is 15.0. The van der Waals surface area contributed by atoms with E-state index in [1.807, 2.05) is 7.05 Å². The molecule has 0 saturated carbocycles. The van der Waals surface area contributed by atoms with Crippen LogP contribution in [0, 0.1) is 6.92 Å². The minimum Gasteiger partial charge on any atom is -0.346 e. The second-order valence-corrected chi connectivity index (χ2v) is 5.51. The summed E-state index contributed by atoms with van der Waals surface area (Å²) in [6.45, 7) is 8.94. The van der Waals surface area contributed by atoms with Gasteiger partial charge in [0.05, 0.1) is 0 Å². The molecule has 0 fully saturated rings. The molecule has 2 rings (SSSR count). The van der Waals surface area contributed by atoms with Crippen LogP contribution in [-0.2, 0) is 7.05 Å². The Bertz CT molecular complexity index is 564. The molecule has 2 aromatic rings. The lowest BCUT2D eigenvalue weighted by atomic mass is 10.00. The fraction of sp³-hybridized carbons (Fsp3) is 0.500. The zero-order valence-electron chi connectivity index (χ0n) is 12.3. The molecule has 18 heavy (non-hydrogen) atoms. The van der Waals surface area contributed by atoms with Crippen molar-refractivity contribution in [3.8, 4) is 0 Å². The van der Waals surface area contributed by atoms with Gasteiger partial charge in [0.25, 0.3) is 0 Å². The van der Waals surface area contributed by atoms with Gasteiger partial charge in [0, 0.05) is 29.7 Å². The zero-order chi connectivity index (χ0) is 13.4. The number of rotatable bonds is 3. The molecule has 1 aromatic heterocycles. The Morgan fingerprint density at radius 2 is 1.83 bits per heavy atom. The fourth-order valence-corrected chi connectivity index (χ4v) is 2.78. The van der Waals surface area contributed by atoms with Crippen molar-refractivity contribution in [1.29, 1.82) is 0 Å². The Hall–Kier alpha value is -1.28. The first-order valence-electron chi connectivity index (χ1n) is 6.73. The summed E-state index contributed by atoms with van der Waals surface area (Å²) in [5.41, 5.74) is 5.53. The van der Waals surface area contributed by atoms with Gasteiger partial charge >= 0.3 is 0 Å². The van der Waals surface area contributed by atoms with Gasteiger partial charge in [-0.2, -0.15) is 0 Å². The second-order valence-electron chi connectivity index (χ2n) is 5.51. The number of nitrogens with one attached hydrogen (secondary N) is 1. The lowest BCUT2D eigenvalue weighted by molar-refractivity contribution is 0.606. The van der Waals surface area contributed by atoms with Gasteiger partial charge < -0.3 is 9.88 Å². The molecule has 0 aliphatic carbocycles. The van der Waals surface area contributed by atoms with Crippen LogP contribution in [0.25, 0.3) is 10.9 Å². The van der Waals surface area contributed by atoms with Crippen LogP contribution in [0.5, 0.6) is 0 Å². The standard InChI is InChI=1S/C16H24N2/c1-10(2)13-7-8-15-14(9-13)11(3)16(18(15)6)12(4)17-5/h7-10,12,17H,1-6H3. The van der Waals surface area contributed by atoms with Crippen molar-refractivity contribution in [1.82, 2.24) is 9.88 Å². The van der Waals surface area contributed by atoms with E-state index in [9.17, 15) is 0 Å². The Kier molecular flexibility index (Phi) is 3.49. The van der Waals surface area contributed by atoms with E-state index in [2.05, 4.69) is 62.8 Å². The van der Waals surface area contributed by atoms with Gasteiger partial charge in [0.15, 0.2) is 0 Å². The summed E-state index contributed by atoms with van der Waals surface area (Å²) in [5, 5.41) is 4.73. The number of nitrogens with zero attached hydrogens (tertiary/aromatic N) is 1. The third-order valence-corrected chi connectivity index (χ3v) is 4.04. The van der Waals surface area contributed by atoms with Crippen LogP contribution in [0.15, 0.2) is 18.2 Å². The monoisotopic (exact) mass is 244 g/mol. The maximum absolute atomic E-state index is 3.34. The molecule has 1 N–H and O–H groups in total. The molecule has 0 bridgehead atoms. The molecular formula is C16H24N2. The lowest BCUT2D eigenvalue weighted by Crippen LogP contribution is -2.16. The summed E-state index contributed by atoms with van der Waals surface area (Å²) in [6.07, 6.45) is 0. The molecule has 98 valence electrons. The van der Waals surface area contributed by atoms with Crippen LogP contribution in [0.1, 0.15) is 49.6 Å². The van der Waals surface area contributed by atoms with Crippen LogP contribution in [-0.4, -0.2) is 11.6 Å². The van der Waals surface area contributed by atoms with Crippen molar-refractivity contribution in [2.45, 2.75) is 39.7 Å². The lowest BCUT2D eigenvalue weighted by Gasteiger charge is -2.13. The van der Waals surface area contributed by atoms with Gasteiger partial charge in [0.2, 0.25) is 0 Å². The summed E-state index contributed by atoms with van der Waals surface area (Å²) >= 11 is 0. The summed E-state index contributed by atoms with van der Waals surface area (Å²) in [5.74, 6) is 0.583. The molecule has 0 aliphatic heterocycles. The number of hydrogen-bond acceptors (Lipinski definition) is 1. The average Bonchev–Trinajstić information content (AvgIpc) is 2.61. The number of aryl methyl sites for hydroxylation is 2. The van der Waals surface area contributed by atoms with E-state index in [0.29, 0.717) is 12.0 Å². The Morgan fingerprint density at radius 3 is 2.39 bits per heavy atom. The maximum atomic E-state index is 3.34. The van der Waals surface area contributed by atoms with E-state index in [1.165, 1.54) is 27.7 Å². The normalized spacial score (nSPS) is 13.5. The van der Waals surface area contributed by atoms with Crippen LogP contribution in [0.4, 0.5) is 0 Å². The van der Waals surface area contributed by atoms with Gasteiger partial charge in [-0.25, -0.2) is 0 Å². The first kappa shape index (κ1) is 13.2. The minimum atomic E-state index is 0.380. The predicted molar refractivity (Wildman–Crippen MR) is 79.2 cm³/mol. The van der Waals surface area contributed by atoms with E-state index in [1.54, 1.807) is 0 Å². The van der Waals surface area contributed by atoms with E-state index in [0.717, 1.165) is 0 Å². The summed E-state index contributed by atoms with van der Waals surface area (Å²) in [4.78, 5) is 0.